The van der Waals surface area contributed by atoms with E-state index in [1.165, 1.54) is 0 Å². The van der Waals surface area contributed by atoms with Gasteiger partial charge in [-0.1, -0.05) is 0 Å². The monoisotopic (exact) mass is 300 g/mol. The predicted octanol–water partition coefficient (Wildman–Crippen LogP) is 2.79. The molecule has 0 aromatic heterocycles. The zero-order valence-corrected chi connectivity index (χ0v) is 14.3. The molecule has 5 nitrogen and oxygen atoms in total. The Hall–Kier alpha value is -0.810. The van der Waals surface area contributed by atoms with Crippen LogP contribution in [-0.2, 0) is 9.47 Å². The van der Waals surface area contributed by atoms with Gasteiger partial charge in [0.15, 0.2) is 0 Å². The molecule has 21 heavy (non-hydrogen) atoms. The lowest BCUT2D eigenvalue weighted by Gasteiger charge is -2.30. The van der Waals surface area contributed by atoms with Crippen molar-refractivity contribution in [2.75, 3.05) is 26.8 Å². The van der Waals surface area contributed by atoms with Crippen LogP contribution < -0.4 is 5.32 Å². The van der Waals surface area contributed by atoms with E-state index < -0.39 is 5.60 Å². The first-order valence-corrected chi connectivity index (χ1v) is 8.05. The van der Waals surface area contributed by atoms with Crippen molar-refractivity contribution in [2.45, 2.75) is 71.1 Å². The normalized spacial score (nSPS) is 20.6. The zero-order chi connectivity index (χ0) is 15.9. The third-order valence-electron chi connectivity index (χ3n) is 3.65. The first-order chi connectivity index (χ1) is 9.83. The minimum absolute atomic E-state index is 0.170. The molecular formula is C16H32N2O3. The molecule has 1 fully saturated rings. The second-order valence-corrected chi connectivity index (χ2v) is 6.91. The Morgan fingerprint density at radius 1 is 1.43 bits per heavy atom. The molecule has 5 heteroatoms. The van der Waals surface area contributed by atoms with Crippen molar-refractivity contribution in [3.05, 3.63) is 0 Å². The van der Waals surface area contributed by atoms with Crippen molar-refractivity contribution < 1.29 is 14.3 Å². The number of hydrogen-bond acceptors (Lipinski definition) is 4. The van der Waals surface area contributed by atoms with Crippen LogP contribution in [-0.4, -0.2) is 55.5 Å². The number of rotatable bonds is 7. The lowest BCUT2D eigenvalue weighted by atomic mass is 10.1. The van der Waals surface area contributed by atoms with Crippen LogP contribution in [0, 0.1) is 0 Å². The van der Waals surface area contributed by atoms with Crippen LogP contribution in [0.5, 0.6) is 0 Å². The first kappa shape index (κ1) is 18.2. The molecule has 1 rings (SSSR count). The maximum atomic E-state index is 12.2. The van der Waals surface area contributed by atoms with Crippen molar-refractivity contribution in [3.63, 3.8) is 0 Å². The van der Waals surface area contributed by atoms with Gasteiger partial charge in [0.2, 0.25) is 0 Å². The summed E-state index contributed by atoms with van der Waals surface area (Å²) < 4.78 is 10.5. The number of ether oxygens (including phenoxy) is 2. The van der Waals surface area contributed by atoms with Gasteiger partial charge in [0, 0.05) is 32.3 Å². The standard InChI is InChI=1S/C16H32N2O3/c1-13(17-9-7-11-20-5)12-14-8-6-10-18(14)15(19)21-16(2,3)4/h13-14,17H,6-12H2,1-5H3. The fourth-order valence-electron chi connectivity index (χ4n) is 2.70. The Balaban J connectivity index is 2.37. The van der Waals surface area contributed by atoms with Gasteiger partial charge in [-0.05, 0) is 59.9 Å². The lowest BCUT2D eigenvalue weighted by molar-refractivity contribution is 0.0214. The number of likely N-dealkylation sites (tertiary alicyclic amines) is 1. The number of nitrogens with zero attached hydrogens (tertiary/aromatic N) is 1. The SMILES string of the molecule is COCCCNC(C)CC1CCCN1C(=O)OC(C)(C)C. The quantitative estimate of drug-likeness (QED) is 0.735. The van der Waals surface area contributed by atoms with Gasteiger partial charge in [-0.15, -0.1) is 0 Å². The van der Waals surface area contributed by atoms with Crippen molar-refractivity contribution in [3.8, 4) is 0 Å². The molecule has 0 radical (unpaired) electrons. The first-order valence-electron chi connectivity index (χ1n) is 8.05. The molecule has 0 bridgehead atoms. The number of nitrogens with one attached hydrogen (secondary N) is 1. The van der Waals surface area contributed by atoms with E-state index in [1.54, 1.807) is 7.11 Å². The summed E-state index contributed by atoms with van der Waals surface area (Å²) in [6.45, 7) is 10.5. The molecule has 0 aromatic rings. The van der Waals surface area contributed by atoms with E-state index in [9.17, 15) is 4.79 Å². The summed E-state index contributed by atoms with van der Waals surface area (Å²) in [7, 11) is 1.72. The van der Waals surface area contributed by atoms with Gasteiger partial charge in [0.05, 0.1) is 0 Å². The van der Waals surface area contributed by atoms with Gasteiger partial charge in [-0.2, -0.15) is 0 Å². The van der Waals surface area contributed by atoms with E-state index in [0.717, 1.165) is 45.4 Å². The minimum atomic E-state index is -0.422. The van der Waals surface area contributed by atoms with E-state index >= 15 is 0 Å². The summed E-state index contributed by atoms with van der Waals surface area (Å²) in [5.74, 6) is 0. The van der Waals surface area contributed by atoms with Gasteiger partial charge in [-0.25, -0.2) is 4.79 Å². The van der Waals surface area contributed by atoms with Crippen LogP contribution in [0.4, 0.5) is 4.79 Å². The highest BCUT2D eigenvalue weighted by molar-refractivity contribution is 5.68. The summed E-state index contributed by atoms with van der Waals surface area (Å²) >= 11 is 0. The third kappa shape index (κ3) is 7.14. The topological polar surface area (TPSA) is 50.8 Å². The highest BCUT2D eigenvalue weighted by Crippen LogP contribution is 2.24. The number of carbonyl (C=O) groups excluding carboxylic acids is 1. The van der Waals surface area contributed by atoms with Crippen LogP contribution in [0.1, 0.15) is 53.4 Å². The van der Waals surface area contributed by atoms with Gasteiger partial charge in [0.1, 0.15) is 5.60 Å². The van der Waals surface area contributed by atoms with Gasteiger partial charge >= 0.3 is 6.09 Å². The molecule has 0 saturated carbocycles. The van der Waals surface area contributed by atoms with Crippen LogP contribution in [0.3, 0.4) is 0 Å². The molecule has 2 unspecified atom stereocenters. The maximum Gasteiger partial charge on any atom is 0.410 e. The van der Waals surface area contributed by atoms with Crippen molar-refractivity contribution in [2.24, 2.45) is 0 Å². The van der Waals surface area contributed by atoms with Crippen molar-refractivity contribution in [1.82, 2.24) is 10.2 Å². The second kappa shape index (κ2) is 8.59. The molecule has 0 aliphatic carbocycles. The Kier molecular flexibility index (Phi) is 7.46. The molecular weight excluding hydrogens is 268 g/mol. The third-order valence-corrected chi connectivity index (χ3v) is 3.65. The Labute approximate surface area is 129 Å². The van der Waals surface area contributed by atoms with E-state index in [1.807, 2.05) is 25.7 Å². The van der Waals surface area contributed by atoms with Crippen LogP contribution >= 0.6 is 0 Å². The van der Waals surface area contributed by atoms with Gasteiger partial charge < -0.3 is 19.7 Å². The maximum absolute atomic E-state index is 12.2. The Morgan fingerprint density at radius 3 is 2.76 bits per heavy atom. The highest BCUT2D eigenvalue weighted by Gasteiger charge is 2.32. The summed E-state index contributed by atoms with van der Waals surface area (Å²) in [4.78, 5) is 14.1. The van der Waals surface area contributed by atoms with Crippen molar-refractivity contribution >= 4 is 6.09 Å². The Morgan fingerprint density at radius 2 is 2.14 bits per heavy atom. The fourth-order valence-corrected chi connectivity index (χ4v) is 2.70. The van der Waals surface area contributed by atoms with Gasteiger partial charge in [0.25, 0.3) is 0 Å². The molecule has 2 atom stereocenters. The van der Waals surface area contributed by atoms with E-state index in [2.05, 4.69) is 12.2 Å². The molecule has 1 heterocycles. The number of carbonyl (C=O) groups is 1. The summed E-state index contributed by atoms with van der Waals surface area (Å²) in [6.07, 6.45) is 3.97. The fraction of sp³-hybridized carbons (Fsp3) is 0.938. The predicted molar refractivity (Wildman–Crippen MR) is 84.5 cm³/mol. The summed E-state index contributed by atoms with van der Waals surface area (Å²) in [5, 5.41) is 3.49. The summed E-state index contributed by atoms with van der Waals surface area (Å²) in [6, 6.07) is 0.694. The van der Waals surface area contributed by atoms with Crippen LogP contribution in [0.25, 0.3) is 0 Å². The van der Waals surface area contributed by atoms with E-state index in [0.29, 0.717) is 12.1 Å². The molecule has 1 aliphatic heterocycles. The smallest absolute Gasteiger partial charge is 0.410 e. The number of hydrogen-bond donors (Lipinski definition) is 1. The molecule has 1 N–H and O–H groups in total. The molecule has 1 amide bonds. The zero-order valence-electron chi connectivity index (χ0n) is 14.3. The molecule has 0 aromatic carbocycles. The largest absolute Gasteiger partial charge is 0.444 e. The number of amides is 1. The van der Waals surface area contributed by atoms with Crippen LogP contribution in [0.2, 0.25) is 0 Å². The highest BCUT2D eigenvalue weighted by atomic mass is 16.6. The lowest BCUT2D eigenvalue weighted by Crippen LogP contribution is -2.42. The molecule has 1 aliphatic rings. The van der Waals surface area contributed by atoms with Gasteiger partial charge in [-0.3, -0.25) is 0 Å². The molecule has 124 valence electrons. The number of methoxy groups -OCH3 is 1. The second-order valence-electron chi connectivity index (χ2n) is 6.91. The van der Waals surface area contributed by atoms with Crippen molar-refractivity contribution in [1.29, 1.82) is 0 Å². The Bertz CT molecular complexity index is 315. The molecule has 1 saturated heterocycles. The van der Waals surface area contributed by atoms with Crippen LogP contribution in [0.15, 0.2) is 0 Å². The molecule has 0 spiro atoms. The van der Waals surface area contributed by atoms with E-state index in [-0.39, 0.29) is 6.09 Å². The van der Waals surface area contributed by atoms with E-state index in [4.69, 9.17) is 9.47 Å². The summed E-state index contributed by atoms with van der Waals surface area (Å²) in [5.41, 5.74) is -0.422. The average Bonchev–Trinajstić information content (AvgIpc) is 2.81. The minimum Gasteiger partial charge on any atom is -0.444 e. The average molecular weight is 300 g/mol.